The predicted octanol–water partition coefficient (Wildman–Crippen LogP) is 4.66. The maximum atomic E-state index is 12.9. The Morgan fingerprint density at radius 1 is 1.03 bits per heavy atom. The van der Waals surface area contributed by atoms with E-state index in [2.05, 4.69) is 26.9 Å². The average Bonchev–Trinajstić information content (AvgIpc) is 3.39. The first-order chi connectivity index (χ1) is 16.4. The van der Waals surface area contributed by atoms with E-state index in [1.165, 1.54) is 24.4 Å². The molecule has 174 valence electrons. The molecule has 4 aromatic rings. The number of nitrogens with one attached hydrogen (secondary N) is 2. The molecule has 1 amide bonds. The van der Waals surface area contributed by atoms with Crippen molar-refractivity contribution in [3.63, 3.8) is 0 Å². The van der Waals surface area contributed by atoms with Crippen LogP contribution in [-0.4, -0.2) is 28.9 Å². The van der Waals surface area contributed by atoms with Crippen molar-refractivity contribution in [1.82, 2.24) is 14.5 Å². The van der Waals surface area contributed by atoms with Gasteiger partial charge in [-0.2, -0.15) is 0 Å². The molecule has 0 aliphatic carbocycles. The highest BCUT2D eigenvalue weighted by Gasteiger charge is 2.17. The van der Waals surface area contributed by atoms with E-state index in [9.17, 15) is 13.2 Å². The predicted molar refractivity (Wildman–Crippen MR) is 132 cm³/mol. The number of hydrogen-bond acceptors (Lipinski definition) is 5. The molecule has 0 fully saturated rings. The standard InChI is InChI=1S/C25H25N5O3S/c1-2-3-5-19-8-10-21(11-9-19)29-34(32,33)23-7-4-6-20(16-23)25(31)28-22-12-13-24(27-17-22)30-15-14-26-18-30/h4,6-18,29H,2-3,5H2,1H3,(H,28,31). The van der Waals surface area contributed by atoms with Gasteiger partial charge in [0.1, 0.15) is 12.1 Å². The van der Waals surface area contributed by atoms with Gasteiger partial charge in [0.25, 0.3) is 15.9 Å². The van der Waals surface area contributed by atoms with E-state index in [1.807, 2.05) is 12.1 Å². The number of pyridine rings is 1. The molecule has 2 aromatic heterocycles. The summed E-state index contributed by atoms with van der Waals surface area (Å²) in [5, 5.41) is 2.74. The minimum Gasteiger partial charge on any atom is -0.321 e. The van der Waals surface area contributed by atoms with Crippen LogP contribution in [0.3, 0.4) is 0 Å². The third-order valence-electron chi connectivity index (χ3n) is 5.21. The van der Waals surface area contributed by atoms with Crippen LogP contribution in [0.1, 0.15) is 35.7 Å². The van der Waals surface area contributed by atoms with Crippen LogP contribution in [0.15, 0.2) is 90.5 Å². The zero-order chi connectivity index (χ0) is 24.0. The average molecular weight is 476 g/mol. The van der Waals surface area contributed by atoms with Crippen molar-refractivity contribution in [1.29, 1.82) is 0 Å². The number of aromatic nitrogens is 3. The number of imidazole rings is 1. The lowest BCUT2D eigenvalue weighted by Crippen LogP contribution is -2.16. The van der Waals surface area contributed by atoms with Crippen LogP contribution in [0, 0.1) is 0 Å². The Morgan fingerprint density at radius 3 is 2.50 bits per heavy atom. The second-order valence-corrected chi connectivity index (χ2v) is 9.45. The first-order valence-corrected chi connectivity index (χ1v) is 12.4. The lowest BCUT2D eigenvalue weighted by atomic mass is 10.1. The Morgan fingerprint density at radius 2 is 1.82 bits per heavy atom. The van der Waals surface area contributed by atoms with E-state index in [-0.39, 0.29) is 10.5 Å². The number of unbranched alkanes of at least 4 members (excludes halogenated alkanes) is 1. The van der Waals surface area contributed by atoms with Crippen LogP contribution in [-0.2, 0) is 16.4 Å². The van der Waals surface area contributed by atoms with Crippen LogP contribution >= 0.6 is 0 Å². The summed E-state index contributed by atoms with van der Waals surface area (Å²) < 4.78 is 30.1. The minimum absolute atomic E-state index is 0.00351. The van der Waals surface area contributed by atoms with Crippen molar-refractivity contribution in [3.05, 3.63) is 96.7 Å². The van der Waals surface area contributed by atoms with Crippen molar-refractivity contribution in [3.8, 4) is 5.82 Å². The Hall–Kier alpha value is -3.98. The summed E-state index contributed by atoms with van der Waals surface area (Å²) in [5.74, 6) is 0.225. The Kier molecular flexibility index (Phi) is 7.03. The lowest BCUT2D eigenvalue weighted by Gasteiger charge is -2.11. The number of sulfonamides is 1. The zero-order valence-electron chi connectivity index (χ0n) is 18.7. The van der Waals surface area contributed by atoms with Gasteiger partial charge in [-0.05, 0) is 60.9 Å². The van der Waals surface area contributed by atoms with Crippen LogP contribution in [0.25, 0.3) is 5.82 Å². The monoisotopic (exact) mass is 475 g/mol. The third-order valence-corrected chi connectivity index (χ3v) is 6.59. The molecule has 0 bridgehead atoms. The third kappa shape index (κ3) is 5.68. The number of carbonyl (C=O) groups excluding carboxylic acids is 1. The van der Waals surface area contributed by atoms with Crippen molar-refractivity contribution in [2.75, 3.05) is 10.0 Å². The van der Waals surface area contributed by atoms with E-state index in [4.69, 9.17) is 0 Å². The van der Waals surface area contributed by atoms with Gasteiger partial charge in [-0.15, -0.1) is 0 Å². The number of benzene rings is 2. The normalized spacial score (nSPS) is 11.2. The number of anilines is 2. The van der Waals surface area contributed by atoms with Crippen LogP contribution < -0.4 is 10.0 Å². The molecular formula is C25H25N5O3S. The number of rotatable bonds is 9. The lowest BCUT2D eigenvalue weighted by molar-refractivity contribution is 0.102. The van der Waals surface area contributed by atoms with Gasteiger partial charge in [0, 0.05) is 23.6 Å². The number of amides is 1. The molecule has 0 aliphatic rings. The van der Waals surface area contributed by atoms with Gasteiger partial charge in [0.05, 0.1) is 16.8 Å². The minimum atomic E-state index is -3.85. The maximum absolute atomic E-state index is 12.9. The summed E-state index contributed by atoms with van der Waals surface area (Å²) in [5.41, 5.74) is 2.34. The topological polar surface area (TPSA) is 106 Å². The van der Waals surface area contributed by atoms with E-state index in [1.54, 1.807) is 53.6 Å². The number of hydrogen-bond donors (Lipinski definition) is 2. The SMILES string of the molecule is CCCCc1ccc(NS(=O)(=O)c2cccc(C(=O)Nc3ccc(-n4ccnc4)nc3)c2)cc1. The van der Waals surface area contributed by atoms with Crippen molar-refractivity contribution < 1.29 is 13.2 Å². The fraction of sp³-hybridized carbons (Fsp3) is 0.160. The molecule has 34 heavy (non-hydrogen) atoms. The van der Waals surface area contributed by atoms with E-state index in [0.717, 1.165) is 24.8 Å². The quantitative estimate of drug-likeness (QED) is 0.366. The second-order valence-electron chi connectivity index (χ2n) is 7.76. The number of aryl methyl sites for hydroxylation is 1. The van der Waals surface area contributed by atoms with Crippen molar-refractivity contribution in [2.45, 2.75) is 31.1 Å². The maximum Gasteiger partial charge on any atom is 0.261 e. The van der Waals surface area contributed by atoms with Gasteiger partial charge in [-0.25, -0.2) is 18.4 Å². The Labute approximate surface area is 198 Å². The Bertz CT molecular complexity index is 1350. The van der Waals surface area contributed by atoms with Crippen molar-refractivity contribution >= 4 is 27.3 Å². The molecule has 0 saturated heterocycles. The van der Waals surface area contributed by atoms with Gasteiger partial charge >= 0.3 is 0 Å². The molecular weight excluding hydrogens is 450 g/mol. The molecule has 4 rings (SSSR count). The molecule has 0 unspecified atom stereocenters. The largest absolute Gasteiger partial charge is 0.321 e. The molecule has 0 spiro atoms. The highest BCUT2D eigenvalue weighted by molar-refractivity contribution is 7.92. The second kappa shape index (κ2) is 10.3. The first kappa shape index (κ1) is 23.2. The van der Waals surface area contributed by atoms with E-state index < -0.39 is 15.9 Å². The summed E-state index contributed by atoms with van der Waals surface area (Å²) in [4.78, 5) is 21.0. The Balaban J connectivity index is 1.44. The van der Waals surface area contributed by atoms with Crippen molar-refractivity contribution in [2.24, 2.45) is 0 Å². The van der Waals surface area contributed by atoms with Gasteiger partial charge in [-0.1, -0.05) is 31.5 Å². The molecule has 0 aliphatic heterocycles. The zero-order valence-corrected chi connectivity index (χ0v) is 19.5. The summed E-state index contributed by atoms with van der Waals surface area (Å²) in [6.07, 6.45) is 9.72. The summed E-state index contributed by atoms with van der Waals surface area (Å²) in [7, 11) is -3.85. The van der Waals surface area contributed by atoms with E-state index in [0.29, 0.717) is 17.2 Å². The molecule has 2 aromatic carbocycles. The summed E-state index contributed by atoms with van der Waals surface area (Å²) in [6.45, 7) is 2.13. The van der Waals surface area contributed by atoms with E-state index >= 15 is 0 Å². The highest BCUT2D eigenvalue weighted by Crippen LogP contribution is 2.19. The molecule has 0 saturated carbocycles. The fourth-order valence-electron chi connectivity index (χ4n) is 3.35. The number of carbonyl (C=O) groups is 1. The molecule has 2 heterocycles. The summed E-state index contributed by atoms with van der Waals surface area (Å²) in [6, 6.07) is 16.7. The van der Waals surface area contributed by atoms with Gasteiger partial charge in [0.15, 0.2) is 0 Å². The fourth-order valence-corrected chi connectivity index (χ4v) is 4.45. The van der Waals surface area contributed by atoms with Gasteiger partial charge in [0.2, 0.25) is 0 Å². The van der Waals surface area contributed by atoms with Crippen LogP contribution in [0.2, 0.25) is 0 Å². The highest BCUT2D eigenvalue weighted by atomic mass is 32.2. The molecule has 8 nitrogen and oxygen atoms in total. The van der Waals surface area contributed by atoms with Crippen LogP contribution in [0.4, 0.5) is 11.4 Å². The first-order valence-electron chi connectivity index (χ1n) is 10.9. The molecule has 0 radical (unpaired) electrons. The van der Waals surface area contributed by atoms with Gasteiger partial charge < -0.3 is 5.32 Å². The molecule has 0 atom stereocenters. The van der Waals surface area contributed by atoms with Crippen LogP contribution in [0.5, 0.6) is 0 Å². The smallest absolute Gasteiger partial charge is 0.261 e. The number of nitrogens with zero attached hydrogens (tertiary/aromatic N) is 3. The summed E-state index contributed by atoms with van der Waals surface area (Å²) >= 11 is 0. The molecule has 2 N–H and O–H groups in total. The van der Waals surface area contributed by atoms with Gasteiger partial charge in [-0.3, -0.25) is 14.1 Å². The molecule has 9 heteroatoms.